The highest BCUT2D eigenvalue weighted by atomic mass is 32.1. The average molecular weight is 463 g/mol. The molecule has 0 radical (unpaired) electrons. The van der Waals surface area contributed by atoms with Gasteiger partial charge in [0.1, 0.15) is 5.69 Å². The van der Waals surface area contributed by atoms with Crippen LogP contribution in [0.3, 0.4) is 0 Å². The summed E-state index contributed by atoms with van der Waals surface area (Å²) in [5, 5.41) is 5.11. The van der Waals surface area contributed by atoms with E-state index in [1.807, 2.05) is 17.5 Å². The Labute approximate surface area is 196 Å². The third-order valence-electron chi connectivity index (χ3n) is 6.69. The Balaban J connectivity index is 1.21. The number of rotatable bonds is 7. The fourth-order valence-electron chi connectivity index (χ4n) is 4.99. The third-order valence-corrected chi connectivity index (χ3v) is 7.56. The Kier molecular flexibility index (Phi) is 6.09. The first kappa shape index (κ1) is 21.6. The summed E-state index contributed by atoms with van der Waals surface area (Å²) in [4.78, 5) is 48.7. The van der Waals surface area contributed by atoms with E-state index in [4.69, 9.17) is 0 Å². The van der Waals surface area contributed by atoms with Crippen molar-refractivity contribution in [1.82, 2.24) is 20.2 Å². The summed E-state index contributed by atoms with van der Waals surface area (Å²) in [5.74, 6) is -0.703. The first-order chi connectivity index (χ1) is 16.1. The summed E-state index contributed by atoms with van der Waals surface area (Å²) >= 11 is 1.64. The van der Waals surface area contributed by atoms with Gasteiger partial charge in [-0.3, -0.25) is 19.3 Å². The monoisotopic (exact) mass is 462 g/mol. The molecule has 33 heavy (non-hydrogen) atoms. The number of thiophene rings is 1. The van der Waals surface area contributed by atoms with E-state index in [0.29, 0.717) is 30.6 Å². The Morgan fingerprint density at radius 3 is 2.58 bits per heavy atom. The number of benzene rings is 1. The lowest BCUT2D eigenvalue weighted by atomic mass is 9.78. The van der Waals surface area contributed by atoms with E-state index in [-0.39, 0.29) is 29.6 Å². The summed E-state index contributed by atoms with van der Waals surface area (Å²) in [7, 11) is 0. The van der Waals surface area contributed by atoms with Gasteiger partial charge in [-0.05, 0) is 42.3 Å². The molecule has 8 heteroatoms. The third kappa shape index (κ3) is 4.23. The lowest BCUT2D eigenvalue weighted by Crippen LogP contribution is -2.43. The first-order valence-electron chi connectivity index (χ1n) is 11.4. The number of hydrogen-bond donors (Lipinski definition) is 2. The summed E-state index contributed by atoms with van der Waals surface area (Å²) in [5.41, 5.74) is 2.85. The van der Waals surface area contributed by atoms with Crippen molar-refractivity contribution < 1.29 is 14.4 Å². The topological polar surface area (TPSA) is 95.2 Å². The van der Waals surface area contributed by atoms with E-state index in [9.17, 15) is 14.4 Å². The van der Waals surface area contributed by atoms with Crippen molar-refractivity contribution in [1.29, 1.82) is 0 Å². The maximum atomic E-state index is 13.1. The van der Waals surface area contributed by atoms with Gasteiger partial charge < -0.3 is 10.3 Å². The number of imide groups is 1. The van der Waals surface area contributed by atoms with Gasteiger partial charge in [0.2, 0.25) is 5.91 Å². The van der Waals surface area contributed by atoms with Gasteiger partial charge in [-0.2, -0.15) is 0 Å². The maximum absolute atomic E-state index is 13.1. The van der Waals surface area contributed by atoms with Crippen LogP contribution < -0.4 is 5.32 Å². The molecule has 2 N–H and O–H groups in total. The average Bonchev–Trinajstić information content (AvgIpc) is 3.57. The second-order valence-corrected chi connectivity index (χ2v) is 9.61. The number of H-pyrrole nitrogens is 1. The van der Waals surface area contributed by atoms with Gasteiger partial charge in [-0.15, -0.1) is 11.3 Å². The number of aromatic amines is 1. The fraction of sp³-hybridized carbons (Fsp3) is 0.360. The summed E-state index contributed by atoms with van der Waals surface area (Å²) < 4.78 is 0. The van der Waals surface area contributed by atoms with E-state index in [2.05, 4.69) is 15.3 Å². The fourth-order valence-corrected chi connectivity index (χ4v) is 5.74. The number of aromatic nitrogens is 2. The van der Waals surface area contributed by atoms with Crippen LogP contribution in [-0.4, -0.2) is 45.7 Å². The minimum absolute atomic E-state index is 0.00787. The smallest absolute Gasteiger partial charge is 0.261 e. The summed E-state index contributed by atoms with van der Waals surface area (Å²) in [6, 6.07) is 11.0. The number of nitrogens with one attached hydrogen (secondary N) is 2. The molecule has 1 aromatic carbocycles. The standard InChI is InChI=1S/C25H26N4O3S/c30-23(26-12-11-20-22(28-15-27-20)21-10-5-13-33-21)17-7-2-1-6-16(17)14-29-24(31)18-8-3-4-9-19(18)25(29)32/h3-5,8-10,13,15-17H,1-2,6-7,11-12,14H2,(H,26,30)(H,27,28). The van der Waals surface area contributed by atoms with E-state index >= 15 is 0 Å². The van der Waals surface area contributed by atoms with Crippen molar-refractivity contribution in [2.75, 3.05) is 13.1 Å². The Morgan fingerprint density at radius 2 is 1.85 bits per heavy atom. The molecule has 5 rings (SSSR count). The van der Waals surface area contributed by atoms with Crippen molar-refractivity contribution in [3.8, 4) is 10.6 Å². The van der Waals surface area contributed by atoms with Crippen molar-refractivity contribution in [3.63, 3.8) is 0 Å². The molecule has 0 saturated heterocycles. The predicted octanol–water partition coefficient (Wildman–Crippen LogP) is 3.90. The molecule has 2 unspecified atom stereocenters. The largest absolute Gasteiger partial charge is 0.355 e. The molecule has 0 spiro atoms. The second kappa shape index (κ2) is 9.31. The van der Waals surface area contributed by atoms with E-state index in [1.165, 1.54) is 4.90 Å². The van der Waals surface area contributed by atoms with Crippen LogP contribution in [0.15, 0.2) is 48.1 Å². The highest BCUT2D eigenvalue weighted by Gasteiger charge is 2.39. The molecule has 3 heterocycles. The van der Waals surface area contributed by atoms with Crippen LogP contribution in [0.5, 0.6) is 0 Å². The van der Waals surface area contributed by atoms with Crippen LogP contribution in [0.1, 0.15) is 52.1 Å². The highest BCUT2D eigenvalue weighted by molar-refractivity contribution is 7.13. The summed E-state index contributed by atoms with van der Waals surface area (Å²) in [6.45, 7) is 0.809. The molecule has 1 saturated carbocycles. The van der Waals surface area contributed by atoms with Crippen molar-refractivity contribution in [2.45, 2.75) is 32.1 Å². The number of carbonyl (C=O) groups is 3. The van der Waals surface area contributed by atoms with Gasteiger partial charge in [0, 0.05) is 31.1 Å². The van der Waals surface area contributed by atoms with Crippen LogP contribution in [0.25, 0.3) is 10.6 Å². The highest BCUT2D eigenvalue weighted by Crippen LogP contribution is 2.33. The van der Waals surface area contributed by atoms with E-state index in [0.717, 1.165) is 41.9 Å². The molecule has 170 valence electrons. The Bertz CT molecular complexity index is 1140. The Hall–Kier alpha value is -3.26. The lowest BCUT2D eigenvalue weighted by Gasteiger charge is -2.32. The molecule has 7 nitrogen and oxygen atoms in total. The molecule has 3 amide bonds. The van der Waals surface area contributed by atoms with E-state index in [1.54, 1.807) is 41.9 Å². The predicted molar refractivity (Wildman–Crippen MR) is 126 cm³/mol. The van der Waals surface area contributed by atoms with Crippen molar-refractivity contribution in [2.24, 2.45) is 11.8 Å². The minimum atomic E-state index is -0.249. The quantitative estimate of drug-likeness (QED) is 0.521. The van der Waals surface area contributed by atoms with Gasteiger partial charge in [-0.25, -0.2) is 4.98 Å². The molecular weight excluding hydrogens is 436 g/mol. The number of amides is 3. The van der Waals surface area contributed by atoms with Gasteiger partial charge in [0.25, 0.3) is 11.8 Å². The van der Waals surface area contributed by atoms with Gasteiger partial charge in [0.15, 0.2) is 0 Å². The minimum Gasteiger partial charge on any atom is -0.355 e. The van der Waals surface area contributed by atoms with E-state index < -0.39 is 0 Å². The molecule has 1 aliphatic heterocycles. The number of carbonyl (C=O) groups excluding carboxylic acids is 3. The van der Waals surface area contributed by atoms with Crippen LogP contribution in [0.4, 0.5) is 0 Å². The number of hydrogen-bond acceptors (Lipinski definition) is 5. The molecule has 2 aromatic heterocycles. The molecule has 1 fully saturated rings. The molecular formula is C25H26N4O3S. The van der Waals surface area contributed by atoms with Crippen molar-refractivity contribution in [3.05, 3.63) is 64.9 Å². The SMILES string of the molecule is O=C(NCCc1[nH]cnc1-c1cccs1)C1CCCCC1CN1C(=O)c2ccccc2C1=O. The first-order valence-corrected chi connectivity index (χ1v) is 12.3. The van der Waals surface area contributed by atoms with Gasteiger partial charge in [0.05, 0.1) is 22.3 Å². The molecule has 1 aliphatic carbocycles. The second-order valence-electron chi connectivity index (χ2n) is 8.67. The van der Waals surface area contributed by atoms with Crippen molar-refractivity contribution >= 4 is 29.1 Å². The number of nitrogens with zero attached hydrogens (tertiary/aromatic N) is 2. The maximum Gasteiger partial charge on any atom is 0.261 e. The van der Waals surface area contributed by atoms with Gasteiger partial charge >= 0.3 is 0 Å². The molecule has 2 atom stereocenters. The lowest BCUT2D eigenvalue weighted by molar-refractivity contribution is -0.127. The zero-order valence-electron chi connectivity index (χ0n) is 18.3. The Morgan fingerprint density at radius 1 is 1.09 bits per heavy atom. The number of fused-ring (bicyclic) bond motifs is 1. The molecule has 2 aliphatic rings. The molecule has 0 bridgehead atoms. The van der Waals surface area contributed by atoms with Crippen LogP contribution in [0, 0.1) is 11.8 Å². The summed E-state index contributed by atoms with van der Waals surface area (Å²) in [6.07, 6.45) is 5.97. The van der Waals surface area contributed by atoms with Crippen LogP contribution in [-0.2, 0) is 11.2 Å². The zero-order chi connectivity index (χ0) is 22.8. The normalized spacial score (nSPS) is 20.2. The molecule has 3 aromatic rings. The van der Waals surface area contributed by atoms with Crippen LogP contribution in [0.2, 0.25) is 0 Å². The van der Waals surface area contributed by atoms with Crippen LogP contribution >= 0.6 is 11.3 Å². The zero-order valence-corrected chi connectivity index (χ0v) is 19.1. The number of imidazole rings is 1. The van der Waals surface area contributed by atoms with Gasteiger partial charge in [-0.1, -0.05) is 31.0 Å².